The SMILES string of the molecule is CC(C)(C)OC(=O)N1CCC[C@@H](N2CC(c3ccc4c(c3)c(-c3ccncc3)nn4C(=O)OC(C)(C)C)N=N2)C1. The van der Waals surface area contributed by atoms with Crippen molar-refractivity contribution in [3.63, 3.8) is 0 Å². The van der Waals surface area contributed by atoms with E-state index in [4.69, 9.17) is 9.47 Å². The summed E-state index contributed by atoms with van der Waals surface area (Å²) in [6, 6.07) is 9.49. The quantitative estimate of drug-likeness (QED) is 0.395. The third kappa shape index (κ3) is 6.08. The Labute approximate surface area is 234 Å². The Kier molecular flexibility index (Phi) is 7.24. The maximum atomic E-state index is 13.0. The Bertz CT molecular complexity index is 1420. The molecule has 1 amide bonds. The molecule has 0 spiro atoms. The van der Waals surface area contributed by atoms with E-state index in [2.05, 4.69) is 20.4 Å². The summed E-state index contributed by atoms with van der Waals surface area (Å²) in [5.41, 5.74) is 1.94. The molecule has 1 saturated heterocycles. The normalized spacial score (nSPS) is 19.8. The van der Waals surface area contributed by atoms with Crippen molar-refractivity contribution in [2.45, 2.75) is 77.7 Å². The number of likely N-dealkylation sites (tertiary alicyclic amines) is 1. The van der Waals surface area contributed by atoms with E-state index in [9.17, 15) is 9.59 Å². The molecule has 1 aromatic carbocycles. The van der Waals surface area contributed by atoms with Gasteiger partial charge in [0.05, 0.1) is 18.1 Å². The van der Waals surface area contributed by atoms with Gasteiger partial charge < -0.3 is 14.4 Å². The number of carbonyl (C=O) groups excluding carboxylic acids is 2. The molecule has 2 atom stereocenters. The van der Waals surface area contributed by atoms with E-state index >= 15 is 0 Å². The highest BCUT2D eigenvalue weighted by molar-refractivity contribution is 5.98. The average molecular weight is 548 g/mol. The molecule has 11 heteroatoms. The second kappa shape index (κ2) is 10.5. The standard InChI is InChI=1S/C29H37N7O4/c1-28(2,3)39-26(37)34-15-7-8-21(17-34)35-18-23(31-33-35)20-9-10-24-22(16-20)25(19-11-13-30-14-12-19)32-36(24)27(38)40-29(4,5)6/h9-14,16,21,23H,7-8,15,17-18H2,1-6H3/t21-,23?/m1/s1. The Hall–Kier alpha value is -4.02. The molecular weight excluding hydrogens is 510 g/mol. The molecule has 0 N–H and O–H groups in total. The molecule has 5 rings (SSSR count). The maximum absolute atomic E-state index is 13.0. The lowest BCUT2D eigenvalue weighted by atomic mass is 10.0. The number of rotatable bonds is 3. The third-order valence-electron chi connectivity index (χ3n) is 6.74. The summed E-state index contributed by atoms with van der Waals surface area (Å²) in [5.74, 6) is 0. The molecule has 11 nitrogen and oxygen atoms in total. The minimum Gasteiger partial charge on any atom is -0.444 e. The summed E-state index contributed by atoms with van der Waals surface area (Å²) in [5, 5.41) is 16.5. The van der Waals surface area contributed by atoms with Crippen LogP contribution in [0.2, 0.25) is 0 Å². The van der Waals surface area contributed by atoms with E-state index in [1.165, 1.54) is 4.68 Å². The smallest absolute Gasteiger partial charge is 0.435 e. The molecule has 0 bridgehead atoms. The molecule has 0 aliphatic carbocycles. The average Bonchev–Trinajstić information content (AvgIpc) is 3.53. The number of amides is 1. The van der Waals surface area contributed by atoms with Gasteiger partial charge in [-0.25, -0.2) is 9.59 Å². The lowest BCUT2D eigenvalue weighted by Crippen LogP contribution is -2.49. The molecule has 2 aliphatic rings. The van der Waals surface area contributed by atoms with Gasteiger partial charge in [0.1, 0.15) is 22.9 Å². The minimum absolute atomic E-state index is 0.0704. The van der Waals surface area contributed by atoms with Crippen LogP contribution in [0.4, 0.5) is 9.59 Å². The highest BCUT2D eigenvalue weighted by Crippen LogP contribution is 2.34. The zero-order valence-corrected chi connectivity index (χ0v) is 24.0. The molecule has 0 saturated carbocycles. The van der Waals surface area contributed by atoms with E-state index in [-0.39, 0.29) is 18.2 Å². The number of benzene rings is 1. The van der Waals surface area contributed by atoms with Gasteiger partial charge in [-0.1, -0.05) is 11.3 Å². The van der Waals surface area contributed by atoms with E-state index < -0.39 is 17.3 Å². The molecule has 212 valence electrons. The lowest BCUT2D eigenvalue weighted by Gasteiger charge is -2.36. The highest BCUT2D eigenvalue weighted by Gasteiger charge is 2.34. The summed E-state index contributed by atoms with van der Waals surface area (Å²) < 4.78 is 12.5. The first-order valence-corrected chi connectivity index (χ1v) is 13.7. The van der Waals surface area contributed by atoms with Crippen LogP contribution >= 0.6 is 0 Å². The van der Waals surface area contributed by atoms with Crippen LogP contribution in [-0.2, 0) is 9.47 Å². The van der Waals surface area contributed by atoms with E-state index in [0.29, 0.717) is 30.8 Å². The van der Waals surface area contributed by atoms with Gasteiger partial charge in [-0.2, -0.15) is 14.9 Å². The van der Waals surface area contributed by atoms with Crippen molar-refractivity contribution in [2.24, 2.45) is 10.3 Å². The van der Waals surface area contributed by atoms with Crippen molar-refractivity contribution < 1.29 is 19.1 Å². The van der Waals surface area contributed by atoms with Gasteiger partial charge in [0.2, 0.25) is 0 Å². The number of carbonyl (C=O) groups is 2. The summed E-state index contributed by atoms with van der Waals surface area (Å²) in [4.78, 5) is 31.5. The predicted molar refractivity (Wildman–Crippen MR) is 150 cm³/mol. The zero-order chi connectivity index (χ0) is 28.7. The predicted octanol–water partition coefficient (Wildman–Crippen LogP) is 6.00. The number of hydrogen-bond donors (Lipinski definition) is 0. The van der Waals surface area contributed by atoms with E-state index in [1.54, 1.807) is 17.3 Å². The molecule has 2 aliphatic heterocycles. The molecule has 1 fully saturated rings. The van der Waals surface area contributed by atoms with Crippen LogP contribution in [0, 0.1) is 0 Å². The second-order valence-corrected chi connectivity index (χ2v) is 12.3. The fraction of sp³-hybridized carbons (Fsp3) is 0.517. The first-order chi connectivity index (χ1) is 18.9. The van der Waals surface area contributed by atoms with Crippen molar-refractivity contribution in [1.82, 2.24) is 24.7 Å². The van der Waals surface area contributed by atoms with Gasteiger partial charge in [-0.15, -0.1) is 0 Å². The summed E-state index contributed by atoms with van der Waals surface area (Å²) in [6.45, 7) is 12.9. The molecule has 40 heavy (non-hydrogen) atoms. The Morgan fingerprint density at radius 2 is 1.62 bits per heavy atom. The van der Waals surface area contributed by atoms with Crippen LogP contribution < -0.4 is 0 Å². The van der Waals surface area contributed by atoms with Crippen LogP contribution in [0.5, 0.6) is 0 Å². The van der Waals surface area contributed by atoms with Gasteiger partial charge >= 0.3 is 12.2 Å². The number of piperidine rings is 1. The van der Waals surface area contributed by atoms with Crippen LogP contribution in [0.1, 0.15) is 66.0 Å². The number of hydrogen-bond acceptors (Lipinski definition) is 9. The van der Waals surface area contributed by atoms with Crippen molar-refractivity contribution >= 4 is 23.1 Å². The van der Waals surface area contributed by atoms with Gasteiger partial charge in [0.15, 0.2) is 0 Å². The fourth-order valence-corrected chi connectivity index (χ4v) is 4.97. The van der Waals surface area contributed by atoms with Gasteiger partial charge in [-0.05, 0) is 84.2 Å². The van der Waals surface area contributed by atoms with Gasteiger partial charge in [0, 0.05) is 36.4 Å². The molecule has 3 aromatic rings. The Morgan fingerprint density at radius 3 is 2.33 bits per heavy atom. The fourth-order valence-electron chi connectivity index (χ4n) is 4.97. The number of nitrogens with zero attached hydrogens (tertiary/aromatic N) is 7. The van der Waals surface area contributed by atoms with Gasteiger partial charge in [0.25, 0.3) is 0 Å². The molecule has 4 heterocycles. The molecule has 1 unspecified atom stereocenters. The third-order valence-corrected chi connectivity index (χ3v) is 6.74. The number of aromatic nitrogens is 3. The van der Waals surface area contributed by atoms with Crippen molar-refractivity contribution in [2.75, 3.05) is 19.6 Å². The number of fused-ring (bicyclic) bond motifs is 1. The van der Waals surface area contributed by atoms with Crippen LogP contribution in [-0.4, -0.2) is 73.7 Å². The van der Waals surface area contributed by atoms with E-state index in [0.717, 1.165) is 29.4 Å². The molecule has 2 aromatic heterocycles. The van der Waals surface area contributed by atoms with Crippen LogP contribution in [0.25, 0.3) is 22.2 Å². The number of ether oxygens (including phenoxy) is 2. The topological polar surface area (TPSA) is 115 Å². The second-order valence-electron chi connectivity index (χ2n) is 12.3. The molecule has 0 radical (unpaired) electrons. The van der Waals surface area contributed by atoms with E-state index in [1.807, 2.05) is 76.9 Å². The minimum atomic E-state index is -0.655. The van der Waals surface area contributed by atoms with Crippen molar-refractivity contribution in [3.8, 4) is 11.3 Å². The molecular formula is C29H37N7O4. The largest absolute Gasteiger partial charge is 0.444 e. The van der Waals surface area contributed by atoms with Crippen molar-refractivity contribution in [1.29, 1.82) is 0 Å². The summed E-state index contributed by atoms with van der Waals surface area (Å²) >= 11 is 0. The first-order valence-electron chi connectivity index (χ1n) is 13.7. The Morgan fingerprint density at radius 1 is 0.925 bits per heavy atom. The zero-order valence-electron chi connectivity index (χ0n) is 24.0. The highest BCUT2D eigenvalue weighted by atomic mass is 16.6. The lowest BCUT2D eigenvalue weighted by molar-refractivity contribution is 0.0114. The monoisotopic (exact) mass is 547 g/mol. The van der Waals surface area contributed by atoms with Crippen LogP contribution in [0.15, 0.2) is 53.1 Å². The van der Waals surface area contributed by atoms with Gasteiger partial charge in [-0.3, -0.25) is 9.99 Å². The summed E-state index contributed by atoms with van der Waals surface area (Å²) in [7, 11) is 0. The summed E-state index contributed by atoms with van der Waals surface area (Å²) in [6.07, 6.45) is 4.38. The van der Waals surface area contributed by atoms with Crippen molar-refractivity contribution in [3.05, 3.63) is 48.3 Å². The van der Waals surface area contributed by atoms with Crippen LogP contribution in [0.3, 0.4) is 0 Å². The Balaban J connectivity index is 1.38. The first kappa shape index (κ1) is 27.5. The number of pyridine rings is 1. The maximum Gasteiger partial charge on any atom is 0.435 e.